The van der Waals surface area contributed by atoms with Gasteiger partial charge in [0.1, 0.15) is 0 Å². The highest BCUT2D eigenvalue weighted by Gasteiger charge is 2.43. The van der Waals surface area contributed by atoms with Crippen LogP contribution in [0.4, 0.5) is 5.69 Å². The molecule has 1 N–H and O–H groups in total. The first-order valence-corrected chi connectivity index (χ1v) is 7.70. The summed E-state index contributed by atoms with van der Waals surface area (Å²) in [5.41, 5.74) is 1.92. The highest BCUT2D eigenvalue weighted by atomic mass is 79.9. The van der Waals surface area contributed by atoms with Gasteiger partial charge >= 0.3 is 0 Å². The van der Waals surface area contributed by atoms with Crippen molar-refractivity contribution in [2.45, 2.75) is 19.4 Å². The lowest BCUT2D eigenvalue weighted by atomic mass is 9.93. The molecule has 3 atom stereocenters. The summed E-state index contributed by atoms with van der Waals surface area (Å²) >= 11 is 3.51. The van der Waals surface area contributed by atoms with E-state index in [1.807, 2.05) is 12.1 Å². The van der Waals surface area contributed by atoms with E-state index < -0.39 is 0 Å². The number of nitriles is 1. The zero-order valence-corrected chi connectivity index (χ0v) is 12.7. The van der Waals surface area contributed by atoms with Gasteiger partial charge in [-0.2, -0.15) is 5.26 Å². The number of fused-ring (bicyclic) bond motifs is 1. The standard InChI is InChI=1S/C15H18BrN3/c1-2-15-14-8-18-7-11(14)9-19(15)13-4-10(6-17)3-12(16)5-13/h3-5,11,14-15,18H,2,7-9H2,1H3. The second kappa shape index (κ2) is 5.15. The molecule has 2 aliphatic heterocycles. The van der Waals surface area contributed by atoms with Gasteiger partial charge in [0.2, 0.25) is 0 Å². The average Bonchev–Trinajstić information content (AvgIpc) is 2.97. The maximum atomic E-state index is 9.11. The first-order valence-electron chi connectivity index (χ1n) is 6.91. The molecule has 1 aromatic carbocycles. The molecule has 4 heteroatoms. The first kappa shape index (κ1) is 13.0. The fourth-order valence-corrected chi connectivity index (χ4v) is 4.13. The summed E-state index contributed by atoms with van der Waals surface area (Å²) in [7, 11) is 0. The molecule has 0 saturated carbocycles. The molecule has 2 fully saturated rings. The molecule has 0 aromatic heterocycles. The van der Waals surface area contributed by atoms with Gasteiger partial charge in [0.25, 0.3) is 0 Å². The molecule has 2 heterocycles. The smallest absolute Gasteiger partial charge is 0.0992 e. The number of nitrogens with one attached hydrogen (secondary N) is 1. The molecule has 19 heavy (non-hydrogen) atoms. The number of hydrogen-bond donors (Lipinski definition) is 1. The maximum absolute atomic E-state index is 9.11. The Hall–Kier alpha value is -1.05. The fraction of sp³-hybridized carbons (Fsp3) is 0.533. The molecule has 0 aliphatic carbocycles. The molecule has 2 aliphatic rings. The summed E-state index contributed by atoms with van der Waals surface area (Å²) in [4.78, 5) is 2.50. The van der Waals surface area contributed by atoms with E-state index in [1.54, 1.807) is 0 Å². The topological polar surface area (TPSA) is 39.1 Å². The van der Waals surface area contributed by atoms with E-state index >= 15 is 0 Å². The second-order valence-corrected chi connectivity index (χ2v) is 6.44. The fourth-order valence-electron chi connectivity index (χ4n) is 3.65. The van der Waals surface area contributed by atoms with Crippen molar-refractivity contribution < 1.29 is 0 Å². The summed E-state index contributed by atoms with van der Waals surface area (Å²) in [6, 6.07) is 8.87. The van der Waals surface area contributed by atoms with E-state index in [0.29, 0.717) is 6.04 Å². The number of rotatable bonds is 2. The maximum Gasteiger partial charge on any atom is 0.0992 e. The van der Waals surface area contributed by atoms with Gasteiger partial charge in [-0.3, -0.25) is 0 Å². The Bertz CT molecular complexity index is 523. The van der Waals surface area contributed by atoms with Crippen LogP contribution in [0.5, 0.6) is 0 Å². The van der Waals surface area contributed by atoms with Crippen LogP contribution in [0.2, 0.25) is 0 Å². The van der Waals surface area contributed by atoms with Crippen LogP contribution >= 0.6 is 15.9 Å². The monoisotopic (exact) mass is 319 g/mol. The van der Waals surface area contributed by atoms with Crippen molar-refractivity contribution in [1.82, 2.24) is 5.32 Å². The molecule has 0 spiro atoms. The van der Waals surface area contributed by atoms with Crippen LogP contribution in [0, 0.1) is 23.2 Å². The lowest BCUT2D eigenvalue weighted by Crippen LogP contribution is -2.35. The van der Waals surface area contributed by atoms with Crippen molar-refractivity contribution in [3.63, 3.8) is 0 Å². The van der Waals surface area contributed by atoms with Gasteiger partial charge in [-0.15, -0.1) is 0 Å². The van der Waals surface area contributed by atoms with Crippen LogP contribution in [0.3, 0.4) is 0 Å². The molecule has 3 unspecified atom stereocenters. The van der Waals surface area contributed by atoms with E-state index in [0.717, 1.165) is 47.9 Å². The van der Waals surface area contributed by atoms with Crippen molar-refractivity contribution >= 4 is 21.6 Å². The summed E-state index contributed by atoms with van der Waals surface area (Å²) in [5.74, 6) is 1.52. The van der Waals surface area contributed by atoms with E-state index in [-0.39, 0.29) is 0 Å². The zero-order chi connectivity index (χ0) is 13.4. The Balaban J connectivity index is 1.94. The van der Waals surface area contributed by atoms with Gasteiger partial charge < -0.3 is 10.2 Å². The molecule has 1 aromatic rings. The molecule has 0 radical (unpaired) electrons. The van der Waals surface area contributed by atoms with Crippen LogP contribution in [0.1, 0.15) is 18.9 Å². The Morgan fingerprint density at radius 1 is 1.42 bits per heavy atom. The number of nitrogens with zero attached hydrogens (tertiary/aromatic N) is 2. The zero-order valence-electron chi connectivity index (χ0n) is 11.1. The van der Waals surface area contributed by atoms with E-state index in [1.165, 1.54) is 5.69 Å². The van der Waals surface area contributed by atoms with Crippen molar-refractivity contribution in [3.05, 3.63) is 28.2 Å². The third-order valence-electron chi connectivity index (χ3n) is 4.48. The van der Waals surface area contributed by atoms with Crippen molar-refractivity contribution in [2.24, 2.45) is 11.8 Å². The van der Waals surface area contributed by atoms with Crippen LogP contribution in [-0.2, 0) is 0 Å². The first-order chi connectivity index (χ1) is 9.22. The molecular weight excluding hydrogens is 302 g/mol. The second-order valence-electron chi connectivity index (χ2n) is 5.52. The molecule has 100 valence electrons. The Kier molecular flexibility index (Phi) is 3.51. The van der Waals surface area contributed by atoms with Crippen LogP contribution < -0.4 is 10.2 Å². The predicted molar refractivity (Wildman–Crippen MR) is 80.1 cm³/mol. The highest BCUT2D eigenvalue weighted by Crippen LogP contribution is 2.38. The quantitative estimate of drug-likeness (QED) is 0.911. The Labute approximate surface area is 122 Å². The lowest BCUT2D eigenvalue weighted by Gasteiger charge is -2.29. The number of halogens is 1. The summed E-state index contributed by atoms with van der Waals surface area (Å²) in [6.07, 6.45) is 1.16. The summed E-state index contributed by atoms with van der Waals surface area (Å²) in [6.45, 7) is 5.65. The van der Waals surface area contributed by atoms with Gasteiger partial charge in [0, 0.05) is 35.8 Å². The third kappa shape index (κ3) is 2.26. The van der Waals surface area contributed by atoms with Gasteiger partial charge in [0.05, 0.1) is 11.6 Å². The highest BCUT2D eigenvalue weighted by molar-refractivity contribution is 9.10. The normalized spacial score (nSPS) is 29.3. The van der Waals surface area contributed by atoms with Gasteiger partial charge in [0.15, 0.2) is 0 Å². The van der Waals surface area contributed by atoms with E-state index in [2.05, 4.69) is 45.2 Å². The average molecular weight is 320 g/mol. The molecule has 0 bridgehead atoms. The number of benzene rings is 1. The van der Waals surface area contributed by atoms with E-state index in [4.69, 9.17) is 5.26 Å². The van der Waals surface area contributed by atoms with Crippen LogP contribution in [-0.4, -0.2) is 25.7 Å². The molecule has 0 amide bonds. The Morgan fingerprint density at radius 2 is 2.26 bits per heavy atom. The lowest BCUT2D eigenvalue weighted by molar-refractivity contribution is 0.442. The minimum absolute atomic E-state index is 0.598. The van der Waals surface area contributed by atoms with Gasteiger partial charge in [-0.05, 0) is 36.5 Å². The minimum atomic E-state index is 0.598. The molecule has 2 saturated heterocycles. The van der Waals surface area contributed by atoms with Crippen LogP contribution in [0.25, 0.3) is 0 Å². The summed E-state index contributed by atoms with van der Waals surface area (Å²) in [5, 5.41) is 12.6. The largest absolute Gasteiger partial charge is 0.368 e. The van der Waals surface area contributed by atoms with E-state index in [9.17, 15) is 0 Å². The summed E-state index contributed by atoms with van der Waals surface area (Å²) < 4.78 is 0.992. The van der Waals surface area contributed by atoms with Crippen molar-refractivity contribution in [1.29, 1.82) is 5.26 Å². The number of hydrogen-bond acceptors (Lipinski definition) is 3. The SMILES string of the molecule is CCC1C2CNCC2CN1c1cc(Br)cc(C#N)c1. The van der Waals surface area contributed by atoms with Crippen molar-refractivity contribution in [3.8, 4) is 6.07 Å². The molecule has 3 rings (SSSR count). The van der Waals surface area contributed by atoms with Crippen LogP contribution in [0.15, 0.2) is 22.7 Å². The van der Waals surface area contributed by atoms with Gasteiger partial charge in [-0.25, -0.2) is 0 Å². The Morgan fingerprint density at radius 3 is 3.00 bits per heavy atom. The van der Waals surface area contributed by atoms with Gasteiger partial charge in [-0.1, -0.05) is 22.9 Å². The third-order valence-corrected chi connectivity index (χ3v) is 4.94. The van der Waals surface area contributed by atoms with Crippen molar-refractivity contribution in [2.75, 3.05) is 24.5 Å². The number of anilines is 1. The molecular formula is C15H18BrN3. The minimum Gasteiger partial charge on any atom is -0.368 e. The predicted octanol–water partition coefficient (Wildman–Crippen LogP) is 2.75. The molecule has 3 nitrogen and oxygen atoms in total.